The molecule has 0 aromatic heterocycles. The Morgan fingerprint density at radius 1 is 1.60 bits per heavy atom. The van der Waals surface area contributed by atoms with Crippen molar-refractivity contribution in [3.63, 3.8) is 0 Å². The summed E-state index contributed by atoms with van der Waals surface area (Å²) in [7, 11) is -3.88. The zero-order valence-electron chi connectivity index (χ0n) is 7.11. The molecule has 0 rings (SSSR count). The van der Waals surface area contributed by atoms with Crippen LogP contribution in [0.25, 0.3) is 0 Å². The monoisotopic (exact) mass is 178 g/mol. The Hall–Kier alpha value is 0.870. The summed E-state index contributed by atoms with van der Waals surface area (Å²) in [5.41, 5.74) is 0. The first-order valence-electron chi connectivity index (χ1n) is 2.55. The molecule has 0 aliphatic carbocycles. The van der Waals surface area contributed by atoms with Gasteiger partial charge in [-0.15, -0.1) is 0 Å². The fraction of sp³-hybridized carbons (Fsp3) is 1.00. The van der Waals surface area contributed by atoms with E-state index in [9.17, 15) is 8.42 Å². The number of hydrogen-bond acceptors (Lipinski definition) is 3. The predicted molar refractivity (Wildman–Crippen MR) is 33.8 cm³/mol. The maximum absolute atomic E-state index is 9.98. The Morgan fingerprint density at radius 2 is 2.00 bits per heavy atom. The summed E-state index contributed by atoms with van der Waals surface area (Å²) in [6, 6.07) is 0. The molecule has 0 aliphatic heterocycles. The van der Waals surface area contributed by atoms with Gasteiger partial charge in [0.25, 0.3) is 10.1 Å². The molecule has 2 N–H and O–H groups in total. The van der Waals surface area contributed by atoms with Crippen LogP contribution < -0.4 is 29.6 Å². The Morgan fingerprint density at radius 3 is 2.10 bits per heavy atom. The summed E-state index contributed by atoms with van der Waals surface area (Å²) in [6.07, 6.45) is -0.592. The molecule has 0 saturated heterocycles. The Bertz CT molecular complexity index is 167. The average molecular weight is 178 g/mol. The molecule has 0 spiro atoms. The van der Waals surface area contributed by atoms with Gasteiger partial charge in [0.15, 0.2) is 0 Å². The minimum absolute atomic E-state index is 0. The molecule has 6 heteroatoms. The summed E-state index contributed by atoms with van der Waals surface area (Å²) < 4.78 is 28.1. The first-order chi connectivity index (χ1) is 3.92. The summed E-state index contributed by atoms with van der Waals surface area (Å²) in [5, 5.41) is 8.54. The molecule has 0 aliphatic rings. The topological polar surface area (TPSA) is 74.6 Å². The quantitative estimate of drug-likeness (QED) is 0.352. The van der Waals surface area contributed by atoms with E-state index in [0.29, 0.717) is 0 Å². The molecule has 1 unspecified atom stereocenters. The van der Waals surface area contributed by atoms with Crippen LogP contribution in [0, 0.1) is 0 Å². The summed E-state index contributed by atoms with van der Waals surface area (Å²) in [4.78, 5) is 0. The molecule has 4 nitrogen and oxygen atoms in total. The van der Waals surface area contributed by atoms with Crippen LogP contribution in [-0.2, 0) is 10.1 Å². The third kappa shape index (κ3) is 11.6. The van der Waals surface area contributed by atoms with Crippen LogP contribution in [0.1, 0.15) is 14.8 Å². The van der Waals surface area contributed by atoms with Crippen LogP contribution in [0.3, 0.4) is 0 Å². The molecule has 0 heterocycles. The number of hydrogen-bond donors (Lipinski definition) is 2. The maximum Gasteiger partial charge on any atom is 1.00 e. The molecule has 58 valence electrons. The van der Waals surface area contributed by atoms with Gasteiger partial charge in [0.05, 0.1) is 11.9 Å². The van der Waals surface area contributed by atoms with Crippen molar-refractivity contribution in [3.8, 4) is 0 Å². The van der Waals surface area contributed by atoms with Gasteiger partial charge in [-0.1, -0.05) is 0 Å². The maximum atomic E-state index is 9.98. The SMILES string of the molecule is CC(O)CCS(=O)(=O)O.[H-].[Na+]. The van der Waals surface area contributed by atoms with Crippen molar-refractivity contribution in [2.75, 3.05) is 5.75 Å². The van der Waals surface area contributed by atoms with E-state index in [1.807, 2.05) is 0 Å². The third-order valence-electron chi connectivity index (χ3n) is 0.794. The van der Waals surface area contributed by atoms with Crippen LogP contribution in [0.15, 0.2) is 0 Å². The second-order valence-electron chi connectivity index (χ2n) is 1.92. The molecule has 0 amide bonds. The van der Waals surface area contributed by atoms with Gasteiger partial charge in [-0.3, -0.25) is 4.55 Å². The van der Waals surface area contributed by atoms with E-state index in [2.05, 4.69) is 0 Å². The van der Waals surface area contributed by atoms with E-state index in [1.165, 1.54) is 6.92 Å². The second-order valence-corrected chi connectivity index (χ2v) is 3.50. The van der Waals surface area contributed by atoms with Gasteiger partial charge in [0.1, 0.15) is 0 Å². The third-order valence-corrected chi connectivity index (χ3v) is 1.55. The fourth-order valence-corrected chi connectivity index (χ4v) is 0.958. The molecule has 0 aromatic rings. The van der Waals surface area contributed by atoms with Crippen molar-refractivity contribution in [1.82, 2.24) is 0 Å². The van der Waals surface area contributed by atoms with Crippen LogP contribution in [0.4, 0.5) is 0 Å². The largest absolute Gasteiger partial charge is 1.00 e. The normalized spacial score (nSPS) is 13.9. The van der Waals surface area contributed by atoms with Crippen LogP contribution >= 0.6 is 0 Å². The minimum Gasteiger partial charge on any atom is -1.00 e. The molecule has 0 fully saturated rings. The Labute approximate surface area is 84.2 Å². The van der Waals surface area contributed by atoms with E-state index in [-0.39, 0.29) is 43.2 Å². The predicted octanol–water partition coefficient (Wildman–Crippen LogP) is -3.24. The van der Waals surface area contributed by atoms with Gasteiger partial charge >= 0.3 is 29.6 Å². The van der Waals surface area contributed by atoms with Gasteiger partial charge in [0.2, 0.25) is 0 Å². The van der Waals surface area contributed by atoms with E-state index in [4.69, 9.17) is 9.66 Å². The van der Waals surface area contributed by atoms with Crippen LogP contribution in [0.5, 0.6) is 0 Å². The standard InChI is InChI=1S/C4H10O4S.Na.H/c1-4(5)2-3-9(6,7)8;;/h4-5H,2-3H2,1H3,(H,6,7,8);;/q;+1;-1. The molecular weight excluding hydrogens is 167 g/mol. The van der Waals surface area contributed by atoms with Crippen molar-refractivity contribution in [2.45, 2.75) is 19.4 Å². The summed E-state index contributed by atoms with van der Waals surface area (Å²) in [6.45, 7) is 1.46. The first-order valence-corrected chi connectivity index (χ1v) is 4.16. The van der Waals surface area contributed by atoms with Gasteiger partial charge in [-0.05, 0) is 13.3 Å². The van der Waals surface area contributed by atoms with Gasteiger partial charge in [-0.2, -0.15) is 8.42 Å². The van der Waals surface area contributed by atoms with E-state index in [1.54, 1.807) is 0 Å². The number of aliphatic hydroxyl groups excluding tert-OH is 1. The van der Waals surface area contributed by atoms with Crippen molar-refractivity contribution in [2.24, 2.45) is 0 Å². The zero-order valence-corrected chi connectivity index (χ0v) is 8.93. The van der Waals surface area contributed by atoms with Gasteiger partial charge in [0, 0.05) is 0 Å². The number of rotatable bonds is 3. The molecule has 0 aromatic carbocycles. The first kappa shape index (κ1) is 13.5. The van der Waals surface area contributed by atoms with E-state index in [0.717, 1.165) is 0 Å². The van der Waals surface area contributed by atoms with Crippen LogP contribution in [-0.4, -0.2) is 29.9 Å². The molecule has 0 saturated carbocycles. The average Bonchev–Trinajstić information content (AvgIpc) is 1.59. The molecule has 10 heavy (non-hydrogen) atoms. The molecule has 0 bridgehead atoms. The second kappa shape index (κ2) is 5.51. The Kier molecular flexibility index (Phi) is 7.42. The molecular formula is C4H11NaO4S. The van der Waals surface area contributed by atoms with Crippen molar-refractivity contribution < 1.29 is 49.1 Å². The van der Waals surface area contributed by atoms with Gasteiger partial charge < -0.3 is 6.53 Å². The Balaban J connectivity index is -0.000000320. The van der Waals surface area contributed by atoms with Crippen LogP contribution in [0.2, 0.25) is 0 Å². The van der Waals surface area contributed by atoms with E-state index >= 15 is 0 Å². The molecule has 1 atom stereocenters. The number of aliphatic hydroxyl groups is 1. The smallest absolute Gasteiger partial charge is 1.00 e. The van der Waals surface area contributed by atoms with Crippen molar-refractivity contribution in [3.05, 3.63) is 0 Å². The summed E-state index contributed by atoms with van der Waals surface area (Å²) >= 11 is 0. The zero-order chi connectivity index (χ0) is 7.49. The fourth-order valence-electron chi connectivity index (χ4n) is 0.319. The minimum atomic E-state index is -3.88. The molecule has 0 radical (unpaired) electrons. The van der Waals surface area contributed by atoms with E-state index < -0.39 is 16.2 Å². The van der Waals surface area contributed by atoms with Crippen molar-refractivity contribution in [1.29, 1.82) is 0 Å². The van der Waals surface area contributed by atoms with Gasteiger partial charge in [-0.25, -0.2) is 0 Å². The summed E-state index contributed by atoms with van der Waals surface area (Å²) in [5.74, 6) is -0.370. The van der Waals surface area contributed by atoms with Crippen molar-refractivity contribution >= 4 is 10.1 Å².